The van der Waals surface area contributed by atoms with Crippen molar-refractivity contribution in [2.45, 2.75) is 46.0 Å². The molecule has 0 radical (unpaired) electrons. The lowest BCUT2D eigenvalue weighted by Crippen LogP contribution is -2.25. The zero-order valence-electron chi connectivity index (χ0n) is 23.2. The summed E-state index contributed by atoms with van der Waals surface area (Å²) in [6.45, 7) is 4.74. The third kappa shape index (κ3) is 6.53. The first-order valence-corrected chi connectivity index (χ1v) is 13.1. The molecule has 0 fully saturated rings. The van der Waals surface area contributed by atoms with Gasteiger partial charge >= 0.3 is 6.18 Å². The van der Waals surface area contributed by atoms with E-state index >= 15 is 0 Å². The van der Waals surface area contributed by atoms with Crippen molar-refractivity contribution in [3.8, 4) is 5.75 Å². The van der Waals surface area contributed by atoms with E-state index in [9.17, 15) is 27.6 Å². The lowest BCUT2D eigenvalue weighted by Gasteiger charge is -2.13. The number of alkyl halides is 3. The summed E-state index contributed by atoms with van der Waals surface area (Å²) in [5.74, 6) is -1.04. The molecule has 222 valence electrons. The van der Waals surface area contributed by atoms with E-state index in [-0.39, 0.29) is 23.6 Å². The summed E-state index contributed by atoms with van der Waals surface area (Å²) in [6.07, 6.45) is -3.46. The molecule has 14 heteroatoms. The molecule has 0 aliphatic heterocycles. The number of nitrogens with one attached hydrogen (secondary N) is 2. The molecule has 4 rings (SSSR count). The molecule has 42 heavy (non-hydrogen) atoms. The van der Waals surface area contributed by atoms with Crippen molar-refractivity contribution in [3.05, 3.63) is 70.5 Å². The van der Waals surface area contributed by atoms with Gasteiger partial charge in [-0.25, -0.2) is 4.98 Å². The van der Waals surface area contributed by atoms with E-state index in [1.165, 1.54) is 19.2 Å². The van der Waals surface area contributed by atoms with Crippen LogP contribution in [0.25, 0.3) is 11.0 Å². The Kier molecular flexibility index (Phi) is 8.83. The van der Waals surface area contributed by atoms with Gasteiger partial charge in [0.15, 0.2) is 0 Å². The highest BCUT2D eigenvalue weighted by Gasteiger charge is 2.30. The second kappa shape index (κ2) is 12.3. The maximum absolute atomic E-state index is 13.2. The topological polar surface area (TPSA) is 146 Å². The van der Waals surface area contributed by atoms with Crippen LogP contribution >= 0.6 is 0 Å². The maximum atomic E-state index is 13.2. The summed E-state index contributed by atoms with van der Waals surface area (Å²) in [7, 11) is 1.44. The largest absolute Gasteiger partial charge is 0.494 e. The fourth-order valence-corrected chi connectivity index (χ4v) is 4.49. The molecule has 2 heterocycles. The van der Waals surface area contributed by atoms with E-state index in [1.807, 2.05) is 6.92 Å². The van der Waals surface area contributed by atoms with Crippen molar-refractivity contribution in [2.75, 3.05) is 19.0 Å². The van der Waals surface area contributed by atoms with Crippen LogP contribution in [0.15, 0.2) is 42.5 Å². The predicted octanol–water partition coefficient (Wildman–Crippen LogP) is 4.15. The maximum Gasteiger partial charge on any atom is 0.416 e. The van der Waals surface area contributed by atoms with E-state index in [0.717, 1.165) is 24.3 Å². The Balaban J connectivity index is 1.51. The number of nitrogens with two attached hydrogens (primary N) is 1. The number of nitrogens with zero attached hydrogens (tertiary/aromatic N) is 4. The first-order chi connectivity index (χ1) is 19.9. The quantitative estimate of drug-likeness (QED) is 0.226. The van der Waals surface area contributed by atoms with Gasteiger partial charge in [-0.05, 0) is 69.2 Å². The molecule has 11 nitrogen and oxygen atoms in total. The Morgan fingerprint density at radius 1 is 1.02 bits per heavy atom. The number of hydrogen-bond acceptors (Lipinski definition) is 6. The van der Waals surface area contributed by atoms with Crippen LogP contribution in [0.2, 0.25) is 0 Å². The number of rotatable bonds is 11. The molecule has 0 bridgehead atoms. The molecule has 0 aliphatic carbocycles. The fraction of sp³-hybridized carbons (Fsp3) is 0.321. The van der Waals surface area contributed by atoms with Gasteiger partial charge in [-0.2, -0.15) is 18.3 Å². The summed E-state index contributed by atoms with van der Waals surface area (Å²) in [5.41, 5.74) is 6.90. The highest BCUT2D eigenvalue weighted by molar-refractivity contribution is 6.04. The second-order valence-corrected chi connectivity index (χ2v) is 9.48. The van der Waals surface area contributed by atoms with Gasteiger partial charge in [0.1, 0.15) is 17.0 Å². The normalized spacial score (nSPS) is 11.5. The van der Waals surface area contributed by atoms with Gasteiger partial charge in [0.2, 0.25) is 11.9 Å². The number of imidazole rings is 1. The first kappa shape index (κ1) is 30.1. The molecule has 2 aromatic heterocycles. The lowest BCUT2D eigenvalue weighted by molar-refractivity contribution is -0.137. The van der Waals surface area contributed by atoms with Crippen LogP contribution in [-0.2, 0) is 19.3 Å². The number of carbonyl (C=O) groups excluding carboxylic acids is 3. The van der Waals surface area contributed by atoms with Crippen LogP contribution in [0.1, 0.15) is 62.2 Å². The minimum Gasteiger partial charge on any atom is -0.494 e. The molecule has 0 atom stereocenters. The number of aromatic nitrogens is 4. The smallest absolute Gasteiger partial charge is 0.416 e. The molecular formula is C28H30F3N7O4. The molecule has 0 aliphatic rings. The third-order valence-electron chi connectivity index (χ3n) is 6.54. The first-order valence-electron chi connectivity index (χ1n) is 13.1. The molecular weight excluding hydrogens is 555 g/mol. The number of benzene rings is 2. The second-order valence-electron chi connectivity index (χ2n) is 9.48. The Bertz CT molecular complexity index is 1630. The number of amides is 3. The molecule has 0 unspecified atom stereocenters. The van der Waals surface area contributed by atoms with Crippen molar-refractivity contribution < 1.29 is 32.3 Å². The van der Waals surface area contributed by atoms with E-state index in [2.05, 4.69) is 20.7 Å². The molecule has 4 aromatic rings. The van der Waals surface area contributed by atoms with Gasteiger partial charge in [0, 0.05) is 30.8 Å². The Hall–Kier alpha value is -4.88. The number of unbranched alkanes of at least 4 members (excludes halogenated alkanes) is 1. The molecule has 0 spiro atoms. The average Bonchev–Trinajstić information content (AvgIpc) is 3.51. The zero-order chi connectivity index (χ0) is 30.6. The van der Waals surface area contributed by atoms with Crippen molar-refractivity contribution in [1.82, 2.24) is 24.6 Å². The van der Waals surface area contributed by atoms with Crippen LogP contribution in [0.4, 0.5) is 19.1 Å². The van der Waals surface area contributed by atoms with E-state index in [0.29, 0.717) is 54.1 Å². The number of carbonyl (C=O) groups is 3. The lowest BCUT2D eigenvalue weighted by atomic mass is 10.1. The number of primary amides is 1. The summed E-state index contributed by atoms with van der Waals surface area (Å²) in [6, 6.07) is 8.65. The minimum atomic E-state index is -4.48. The molecule has 2 aromatic carbocycles. The zero-order valence-corrected chi connectivity index (χ0v) is 23.2. The van der Waals surface area contributed by atoms with Crippen LogP contribution in [0.5, 0.6) is 5.75 Å². The van der Waals surface area contributed by atoms with Crippen LogP contribution < -0.4 is 21.1 Å². The number of anilines is 1. The van der Waals surface area contributed by atoms with Crippen molar-refractivity contribution in [3.63, 3.8) is 0 Å². The third-order valence-corrected chi connectivity index (χ3v) is 6.54. The Morgan fingerprint density at radius 2 is 1.74 bits per heavy atom. The van der Waals surface area contributed by atoms with Crippen molar-refractivity contribution in [2.24, 2.45) is 5.73 Å². The fourth-order valence-electron chi connectivity index (χ4n) is 4.49. The van der Waals surface area contributed by atoms with Crippen LogP contribution in [0, 0.1) is 6.92 Å². The van der Waals surface area contributed by atoms with Crippen molar-refractivity contribution in [1.29, 1.82) is 0 Å². The van der Waals surface area contributed by atoms with E-state index in [1.54, 1.807) is 22.2 Å². The molecule has 0 saturated heterocycles. The summed E-state index contributed by atoms with van der Waals surface area (Å²) in [5, 5.41) is 9.84. The van der Waals surface area contributed by atoms with E-state index in [4.69, 9.17) is 10.5 Å². The van der Waals surface area contributed by atoms with Gasteiger partial charge in [-0.1, -0.05) is 0 Å². The highest BCUT2D eigenvalue weighted by atomic mass is 19.4. The number of ether oxygens (including phenoxy) is 1. The van der Waals surface area contributed by atoms with Crippen LogP contribution in [-0.4, -0.2) is 50.7 Å². The standard InChI is InChI=1S/C28H30F3N7O4/c1-4-38-21(13-16(2)36-38)26(41)35-27-34-20-14-18(24(32)39)15-22(42-3)23(20)37(27)12-6-5-11-33-25(40)17-7-9-19(10-8-17)28(29,30)31/h7-10,13-15H,4-6,11-12H2,1-3H3,(H2,32,39)(H,33,40)(H,34,35,41). The highest BCUT2D eigenvalue weighted by Crippen LogP contribution is 2.31. The SMILES string of the molecule is CCn1nc(C)cc1C(=O)Nc1nc2cc(C(N)=O)cc(OC)c2n1CCCCNC(=O)c1ccc(C(F)(F)F)cc1. The van der Waals surface area contributed by atoms with Gasteiger partial charge in [0.25, 0.3) is 11.8 Å². The number of halogens is 3. The van der Waals surface area contributed by atoms with Gasteiger partial charge in [0.05, 0.1) is 23.9 Å². The monoisotopic (exact) mass is 585 g/mol. The number of hydrogen-bond donors (Lipinski definition) is 3. The number of methoxy groups -OCH3 is 1. The van der Waals surface area contributed by atoms with Gasteiger partial charge in [-0.15, -0.1) is 0 Å². The van der Waals surface area contributed by atoms with Gasteiger partial charge < -0.3 is 20.4 Å². The Morgan fingerprint density at radius 3 is 2.36 bits per heavy atom. The predicted molar refractivity (Wildman–Crippen MR) is 148 cm³/mol. The number of fused-ring (bicyclic) bond motifs is 1. The molecule has 4 N–H and O–H groups in total. The van der Waals surface area contributed by atoms with E-state index < -0.39 is 29.5 Å². The summed E-state index contributed by atoms with van der Waals surface area (Å²) in [4.78, 5) is 42.0. The van der Waals surface area contributed by atoms with Crippen LogP contribution in [0.3, 0.4) is 0 Å². The van der Waals surface area contributed by atoms with Gasteiger partial charge in [-0.3, -0.25) is 24.4 Å². The summed E-state index contributed by atoms with van der Waals surface area (Å²) >= 11 is 0. The summed E-state index contributed by atoms with van der Waals surface area (Å²) < 4.78 is 47.2. The average molecular weight is 586 g/mol. The minimum absolute atomic E-state index is 0.116. The molecule has 0 saturated carbocycles. The number of aryl methyl sites for hydroxylation is 3. The van der Waals surface area contributed by atoms with Crippen molar-refractivity contribution >= 4 is 34.7 Å². The molecule has 3 amide bonds. The Labute approximate surface area is 238 Å².